The monoisotopic (exact) mass is 217 g/mol. The number of rotatable bonds is 0. The van der Waals surface area contributed by atoms with Crippen molar-refractivity contribution in [2.24, 2.45) is 0 Å². The Balaban J connectivity index is 0. The average molecular weight is 219 g/mol. The van der Waals surface area contributed by atoms with E-state index in [0.717, 1.165) is 0 Å². The fourth-order valence-electron chi connectivity index (χ4n) is 0. The van der Waals surface area contributed by atoms with Gasteiger partial charge in [-0.2, -0.15) is 0 Å². The van der Waals surface area contributed by atoms with Crippen LogP contribution in [0.2, 0.25) is 0 Å². The van der Waals surface area contributed by atoms with E-state index in [0.29, 0.717) is 0 Å². The van der Waals surface area contributed by atoms with Crippen molar-refractivity contribution in [3.63, 3.8) is 0 Å². The van der Waals surface area contributed by atoms with E-state index in [9.17, 15) is 3.04 Å². The van der Waals surface area contributed by atoms with Gasteiger partial charge in [0.15, 0.2) is 0 Å². The maximum absolute atomic E-state index is 9.88. The molecule has 0 unspecified atom stereocenters. The van der Waals surface area contributed by atoms with Gasteiger partial charge in [0.2, 0.25) is 0 Å². The quantitative estimate of drug-likeness (QED) is 0.566. The van der Waals surface area contributed by atoms with Crippen molar-refractivity contribution in [1.29, 1.82) is 0 Å². The van der Waals surface area contributed by atoms with Crippen LogP contribution in [0.5, 0.6) is 0 Å². The average Bonchev–Trinajstić information content (AvgIpc) is 0.811. The molecule has 2 N–H and O–H groups in total. The van der Waals surface area contributed by atoms with E-state index in [1.54, 1.807) is 0 Å². The Kier molecular flexibility index (Phi) is 9.63. The topological polar surface area (TPSA) is 31.5 Å². The molecule has 33 valence electrons. The maximum atomic E-state index is 9.88. The summed E-state index contributed by atoms with van der Waals surface area (Å²) in [4.78, 5) is 0. The van der Waals surface area contributed by atoms with E-state index in [4.69, 9.17) is 0 Å². The van der Waals surface area contributed by atoms with Crippen LogP contribution in [0.1, 0.15) is 0 Å². The Labute approximate surface area is 45.3 Å². The molecule has 0 saturated heterocycles. The molecular weight excluding hydrogens is 217 g/mol. The molecule has 0 aliphatic heterocycles. The summed E-state index contributed by atoms with van der Waals surface area (Å²) >= 11 is -5.16. The predicted molar refractivity (Wildman–Crippen MR) is 6.94 cm³/mol. The molecule has 0 spiro atoms. The molecule has 5 heteroatoms. The third-order valence-electron chi connectivity index (χ3n) is 0. The summed E-state index contributed by atoms with van der Waals surface area (Å²) in [5.41, 5.74) is 0. The summed E-state index contributed by atoms with van der Waals surface area (Å²) in [6.07, 6.45) is 0. The van der Waals surface area contributed by atoms with Crippen LogP contribution in [0.15, 0.2) is 0 Å². The van der Waals surface area contributed by atoms with Crippen molar-refractivity contribution in [3.05, 3.63) is 0 Å². The molecular formula is H2F3NdO. The van der Waals surface area contributed by atoms with E-state index in [1.165, 1.54) is 0 Å². The molecule has 0 saturated carbocycles. The van der Waals surface area contributed by atoms with Gasteiger partial charge in [-0.3, -0.25) is 0 Å². The molecule has 0 bridgehead atoms. The van der Waals surface area contributed by atoms with Gasteiger partial charge in [-0.05, 0) is 0 Å². The standard InChI is InChI=1S/3FH.Nd.H2O/h3*1H;;1H2/q;;;+3;/p-3. The number of hydrogen-bond acceptors (Lipinski definition) is 0. The van der Waals surface area contributed by atoms with Crippen molar-refractivity contribution in [2.45, 2.75) is 0 Å². The van der Waals surface area contributed by atoms with Gasteiger partial charge in [0.1, 0.15) is 0 Å². The first kappa shape index (κ1) is 9.44. The molecule has 0 aromatic carbocycles. The van der Waals surface area contributed by atoms with Crippen LogP contribution >= 0.6 is 0 Å². The molecule has 0 amide bonds. The summed E-state index contributed by atoms with van der Waals surface area (Å²) in [5, 5.41) is 0. The molecule has 0 heterocycles. The van der Waals surface area contributed by atoms with Crippen molar-refractivity contribution in [3.8, 4) is 0 Å². The summed E-state index contributed by atoms with van der Waals surface area (Å²) < 4.78 is 29.6. The summed E-state index contributed by atoms with van der Waals surface area (Å²) in [6.45, 7) is 0. The Hall–Kier alpha value is 1.10. The minimum atomic E-state index is -5.16. The van der Waals surface area contributed by atoms with Gasteiger partial charge in [0.05, 0.1) is 0 Å². The molecule has 0 fully saturated rings. The van der Waals surface area contributed by atoms with Gasteiger partial charge < -0.3 is 5.48 Å². The van der Waals surface area contributed by atoms with Gasteiger partial charge in [0.25, 0.3) is 0 Å². The molecule has 1 nitrogen and oxygen atoms in total. The fraction of sp³-hybridized carbons (Fsp3) is 0. The molecule has 0 radical (unpaired) electrons. The number of hydrogen-bond donors (Lipinski definition) is 0. The SMILES string of the molecule is O.[F][Nd]([F])[F]. The van der Waals surface area contributed by atoms with Crippen LogP contribution in [-0.4, -0.2) is 5.48 Å². The summed E-state index contributed by atoms with van der Waals surface area (Å²) in [5.74, 6) is 0. The molecule has 0 aromatic rings. The van der Waals surface area contributed by atoms with E-state index >= 15 is 0 Å². The van der Waals surface area contributed by atoms with Crippen molar-refractivity contribution in [1.82, 2.24) is 0 Å². The zero-order valence-corrected chi connectivity index (χ0v) is 5.34. The van der Waals surface area contributed by atoms with E-state index < -0.39 is 37.1 Å². The second-order valence-corrected chi connectivity index (χ2v) is 1.59. The third kappa shape index (κ3) is 40.5. The second kappa shape index (κ2) is 5.10. The first-order chi connectivity index (χ1) is 1.73. The molecule has 0 aliphatic rings. The van der Waals surface area contributed by atoms with Gasteiger partial charge in [-0.25, -0.2) is 0 Å². The summed E-state index contributed by atoms with van der Waals surface area (Å²) in [6, 6.07) is 0. The van der Waals surface area contributed by atoms with E-state index in [2.05, 4.69) is 0 Å². The Bertz CT molecular complexity index is 11.6. The molecule has 5 heavy (non-hydrogen) atoms. The first-order valence-corrected chi connectivity index (χ1v) is 4.20. The van der Waals surface area contributed by atoms with Gasteiger partial charge in [-0.1, -0.05) is 0 Å². The van der Waals surface area contributed by atoms with E-state index in [1.807, 2.05) is 0 Å². The van der Waals surface area contributed by atoms with Crippen LogP contribution in [0, 0.1) is 37.1 Å². The first-order valence-electron chi connectivity index (χ1n) is 0.567. The summed E-state index contributed by atoms with van der Waals surface area (Å²) in [7, 11) is 0. The minimum absolute atomic E-state index is 0. The predicted octanol–water partition coefficient (Wildman–Crippen LogP) is 0.436. The molecule has 0 rings (SSSR count). The van der Waals surface area contributed by atoms with Gasteiger partial charge in [-0.15, -0.1) is 0 Å². The third-order valence-corrected chi connectivity index (χ3v) is 0. The van der Waals surface area contributed by atoms with Crippen LogP contribution in [0.3, 0.4) is 0 Å². The molecule has 0 aliphatic carbocycles. The van der Waals surface area contributed by atoms with Gasteiger partial charge in [0, 0.05) is 0 Å². The van der Waals surface area contributed by atoms with Gasteiger partial charge >= 0.3 is 40.1 Å². The van der Waals surface area contributed by atoms with Crippen LogP contribution in [0.25, 0.3) is 0 Å². The van der Waals surface area contributed by atoms with Crippen molar-refractivity contribution in [2.75, 3.05) is 0 Å². The van der Waals surface area contributed by atoms with Crippen LogP contribution in [-0.2, 0) is 0 Å². The van der Waals surface area contributed by atoms with E-state index in [-0.39, 0.29) is 5.48 Å². The zero-order valence-electron chi connectivity index (χ0n) is 2.13. The Morgan fingerprint density at radius 2 is 1.00 bits per heavy atom. The fourth-order valence-corrected chi connectivity index (χ4v) is 0. The number of halogens is 3. The Morgan fingerprint density at radius 3 is 1.00 bits per heavy atom. The zero-order chi connectivity index (χ0) is 3.58. The van der Waals surface area contributed by atoms with Crippen LogP contribution < -0.4 is 0 Å². The Morgan fingerprint density at radius 1 is 1.00 bits per heavy atom. The van der Waals surface area contributed by atoms with Crippen molar-refractivity contribution < 1.29 is 45.6 Å². The second-order valence-electron chi connectivity index (χ2n) is 0.214. The molecule has 0 aromatic heterocycles. The van der Waals surface area contributed by atoms with Crippen molar-refractivity contribution >= 4 is 0 Å². The molecule has 0 atom stereocenters. The van der Waals surface area contributed by atoms with Crippen LogP contribution in [0.4, 0.5) is 3.04 Å². The normalized spacial score (nSPS) is 5.40.